The number of benzene rings is 1. The van der Waals surface area contributed by atoms with Crippen LogP contribution in [-0.2, 0) is 15.9 Å². The Hall–Kier alpha value is -1.70. The lowest BCUT2D eigenvalue weighted by atomic mass is 9.87. The monoisotopic (exact) mass is 421 g/mol. The van der Waals surface area contributed by atoms with Crippen molar-refractivity contribution < 1.29 is 14.6 Å². The molecule has 0 amide bonds. The third-order valence-corrected chi connectivity index (χ3v) is 5.05. The Morgan fingerprint density at radius 2 is 2.00 bits per heavy atom. The van der Waals surface area contributed by atoms with Crippen LogP contribution in [0.2, 0.25) is 0 Å². The molecule has 7 heteroatoms. The summed E-state index contributed by atoms with van der Waals surface area (Å²) in [5.41, 5.74) is 1.12. The first kappa shape index (κ1) is 19.1. The second-order valence-corrected chi connectivity index (χ2v) is 7.76. The van der Waals surface area contributed by atoms with Gasteiger partial charge in [-0.1, -0.05) is 41.4 Å². The van der Waals surface area contributed by atoms with Gasteiger partial charge in [-0.2, -0.15) is 5.10 Å². The summed E-state index contributed by atoms with van der Waals surface area (Å²) in [5, 5.41) is 15.3. The lowest BCUT2D eigenvalue weighted by molar-refractivity contribution is -0.224. The first-order valence-electron chi connectivity index (χ1n) is 8.77. The molecular formula is C19H24BrN3O3. The number of allylic oxidation sites excluding steroid dienone is 1. The maximum atomic E-state index is 11.1. The van der Waals surface area contributed by atoms with Crippen LogP contribution in [0.4, 0.5) is 0 Å². The Labute approximate surface area is 162 Å². The van der Waals surface area contributed by atoms with Crippen LogP contribution < -0.4 is 0 Å². The average Bonchev–Trinajstić information content (AvgIpc) is 3.17. The number of aromatic nitrogens is 3. The molecule has 0 saturated carbocycles. The molecule has 1 aromatic carbocycles. The van der Waals surface area contributed by atoms with E-state index in [1.165, 1.54) is 6.33 Å². The minimum absolute atomic E-state index is 0.192. The summed E-state index contributed by atoms with van der Waals surface area (Å²) in [4.78, 5) is 4.02. The second-order valence-electron chi connectivity index (χ2n) is 6.84. The van der Waals surface area contributed by atoms with Gasteiger partial charge in [-0.3, -0.25) is 0 Å². The third kappa shape index (κ3) is 4.34. The molecule has 0 radical (unpaired) electrons. The fourth-order valence-electron chi connectivity index (χ4n) is 2.95. The van der Waals surface area contributed by atoms with E-state index in [4.69, 9.17) is 9.47 Å². The topological polar surface area (TPSA) is 69.4 Å². The van der Waals surface area contributed by atoms with Gasteiger partial charge in [-0.25, -0.2) is 9.67 Å². The van der Waals surface area contributed by atoms with E-state index in [-0.39, 0.29) is 12.0 Å². The van der Waals surface area contributed by atoms with Crippen LogP contribution in [0.25, 0.3) is 5.70 Å². The van der Waals surface area contributed by atoms with Gasteiger partial charge < -0.3 is 14.6 Å². The molecule has 3 rings (SSSR count). The van der Waals surface area contributed by atoms with Crippen LogP contribution in [0.1, 0.15) is 32.3 Å². The number of nitrogens with zero attached hydrogens (tertiary/aromatic N) is 3. The molecule has 1 aliphatic heterocycles. The van der Waals surface area contributed by atoms with Crippen molar-refractivity contribution in [2.45, 2.75) is 39.4 Å². The van der Waals surface area contributed by atoms with E-state index in [0.29, 0.717) is 25.3 Å². The van der Waals surface area contributed by atoms with Gasteiger partial charge in [0.1, 0.15) is 18.4 Å². The maximum absolute atomic E-state index is 11.1. The van der Waals surface area contributed by atoms with Crippen LogP contribution in [0.3, 0.4) is 0 Å². The Balaban J connectivity index is 1.88. The maximum Gasteiger partial charge on any atom is 0.157 e. The third-order valence-electron chi connectivity index (χ3n) is 4.53. The van der Waals surface area contributed by atoms with Crippen LogP contribution >= 0.6 is 15.9 Å². The van der Waals surface area contributed by atoms with E-state index >= 15 is 0 Å². The molecule has 140 valence electrons. The summed E-state index contributed by atoms with van der Waals surface area (Å²) >= 11 is 3.45. The van der Waals surface area contributed by atoms with Gasteiger partial charge in [0.2, 0.25) is 0 Å². The highest BCUT2D eigenvalue weighted by atomic mass is 79.9. The summed E-state index contributed by atoms with van der Waals surface area (Å²) in [5.74, 6) is 0.223. The zero-order valence-corrected chi connectivity index (χ0v) is 16.6. The van der Waals surface area contributed by atoms with Crippen molar-refractivity contribution in [3.05, 3.63) is 52.7 Å². The predicted octanol–water partition coefficient (Wildman–Crippen LogP) is 4.19. The molecule has 0 unspecified atom stereocenters. The number of rotatable bonds is 6. The summed E-state index contributed by atoms with van der Waals surface area (Å²) < 4.78 is 14.3. The van der Waals surface area contributed by atoms with E-state index < -0.39 is 5.41 Å². The fraction of sp³-hybridized carbons (Fsp3) is 0.474. The molecule has 0 bridgehead atoms. The first-order chi connectivity index (χ1) is 12.5. The molecule has 0 atom stereocenters. The van der Waals surface area contributed by atoms with Crippen molar-refractivity contribution in [3.63, 3.8) is 0 Å². The lowest BCUT2D eigenvalue weighted by Crippen LogP contribution is -2.41. The fourth-order valence-corrected chi connectivity index (χ4v) is 3.21. The van der Waals surface area contributed by atoms with E-state index in [0.717, 1.165) is 22.9 Å². The first-order valence-corrected chi connectivity index (χ1v) is 9.56. The van der Waals surface area contributed by atoms with E-state index in [1.54, 1.807) is 11.0 Å². The number of ether oxygens (including phenoxy) is 2. The molecule has 1 fully saturated rings. The SMILES string of the molecule is CCCC1OCC(C)(/C(O)=C(/Cc2ccc(Br)cc2)n2cncn2)CO1. The van der Waals surface area contributed by atoms with Crippen molar-refractivity contribution in [2.75, 3.05) is 13.2 Å². The van der Waals surface area contributed by atoms with E-state index in [1.807, 2.05) is 31.2 Å². The summed E-state index contributed by atoms with van der Waals surface area (Å²) in [6.45, 7) is 4.85. The molecule has 6 nitrogen and oxygen atoms in total. The molecule has 1 aromatic heterocycles. The van der Waals surface area contributed by atoms with Gasteiger partial charge in [0, 0.05) is 10.9 Å². The molecule has 2 heterocycles. The van der Waals surface area contributed by atoms with E-state index in [2.05, 4.69) is 32.9 Å². The molecule has 1 N–H and O–H groups in total. The number of aliphatic hydroxyl groups excluding tert-OH is 1. The van der Waals surface area contributed by atoms with Gasteiger partial charge in [-0.05, 0) is 31.0 Å². The highest BCUT2D eigenvalue weighted by Gasteiger charge is 2.38. The minimum atomic E-state index is -0.624. The van der Waals surface area contributed by atoms with Crippen molar-refractivity contribution >= 4 is 21.6 Å². The van der Waals surface area contributed by atoms with Crippen LogP contribution in [0.5, 0.6) is 0 Å². The van der Waals surface area contributed by atoms with E-state index in [9.17, 15) is 5.11 Å². The highest BCUT2D eigenvalue weighted by molar-refractivity contribution is 9.10. The zero-order chi connectivity index (χ0) is 18.6. The van der Waals surface area contributed by atoms with Crippen molar-refractivity contribution in [3.8, 4) is 0 Å². The Kier molecular flexibility index (Phi) is 6.11. The predicted molar refractivity (Wildman–Crippen MR) is 102 cm³/mol. The Morgan fingerprint density at radius 1 is 1.31 bits per heavy atom. The minimum Gasteiger partial charge on any atom is -0.510 e. The molecule has 1 saturated heterocycles. The van der Waals surface area contributed by atoms with Gasteiger partial charge in [0.05, 0.1) is 24.3 Å². The summed E-state index contributed by atoms with van der Waals surface area (Å²) in [7, 11) is 0. The van der Waals surface area contributed by atoms with Crippen molar-refractivity contribution in [1.82, 2.24) is 14.8 Å². The Morgan fingerprint density at radius 3 is 2.58 bits per heavy atom. The van der Waals surface area contributed by atoms with Crippen LogP contribution in [0, 0.1) is 5.41 Å². The molecular weight excluding hydrogens is 398 g/mol. The van der Waals surface area contributed by atoms with Crippen molar-refractivity contribution in [2.24, 2.45) is 5.41 Å². The molecule has 26 heavy (non-hydrogen) atoms. The molecule has 0 spiro atoms. The molecule has 0 aliphatic carbocycles. The Bertz CT molecular complexity index is 736. The zero-order valence-electron chi connectivity index (χ0n) is 15.1. The normalized spacial score (nSPS) is 24.3. The van der Waals surface area contributed by atoms with Crippen LogP contribution in [0.15, 0.2) is 47.2 Å². The number of aliphatic hydroxyl groups is 1. The lowest BCUT2D eigenvalue weighted by Gasteiger charge is -2.37. The highest BCUT2D eigenvalue weighted by Crippen LogP contribution is 2.35. The molecule has 2 aromatic rings. The van der Waals surface area contributed by atoms with Gasteiger partial charge in [0.25, 0.3) is 0 Å². The van der Waals surface area contributed by atoms with Gasteiger partial charge >= 0.3 is 0 Å². The number of halogens is 1. The van der Waals surface area contributed by atoms with Gasteiger partial charge in [0.15, 0.2) is 6.29 Å². The van der Waals surface area contributed by atoms with Gasteiger partial charge in [-0.15, -0.1) is 0 Å². The summed E-state index contributed by atoms with van der Waals surface area (Å²) in [6, 6.07) is 7.99. The second kappa shape index (κ2) is 8.33. The van der Waals surface area contributed by atoms with Crippen LogP contribution in [-0.4, -0.2) is 39.4 Å². The number of hydrogen-bond acceptors (Lipinski definition) is 5. The smallest absolute Gasteiger partial charge is 0.157 e. The summed E-state index contributed by atoms with van der Waals surface area (Å²) in [6.07, 6.45) is 5.24. The molecule has 1 aliphatic rings. The largest absolute Gasteiger partial charge is 0.510 e. The van der Waals surface area contributed by atoms with Crippen molar-refractivity contribution in [1.29, 1.82) is 0 Å². The standard InChI is InChI=1S/C19H24BrN3O3/c1-3-4-17-25-10-19(2,11-26-17)18(24)16(23-13-21-12-22-23)9-14-5-7-15(20)8-6-14/h5-8,12-13,17,24H,3-4,9-11H2,1-2H3/b18-16+. The number of hydrogen-bond donors (Lipinski definition) is 1. The quantitative estimate of drug-likeness (QED) is 0.707. The average molecular weight is 422 g/mol.